The molecule has 0 aliphatic carbocycles. The van der Waals surface area contributed by atoms with Crippen LogP contribution in [0.3, 0.4) is 0 Å². The van der Waals surface area contributed by atoms with Crippen LogP contribution in [0.15, 0.2) is 41.2 Å². The Labute approximate surface area is 145 Å². The number of rotatable bonds is 3. The van der Waals surface area contributed by atoms with Gasteiger partial charge in [0.05, 0.1) is 11.4 Å². The fourth-order valence-electron chi connectivity index (χ4n) is 3.35. The predicted molar refractivity (Wildman–Crippen MR) is 97.0 cm³/mol. The van der Waals surface area contributed by atoms with Gasteiger partial charge in [0.1, 0.15) is 0 Å². The largest absolute Gasteiger partial charge is 0.371 e. The smallest absolute Gasteiger partial charge is 0.294 e. The van der Waals surface area contributed by atoms with Gasteiger partial charge in [0.2, 0.25) is 5.76 Å². The van der Waals surface area contributed by atoms with Crippen LogP contribution in [-0.4, -0.2) is 29.1 Å². The second-order valence-electron chi connectivity index (χ2n) is 6.39. The highest BCUT2D eigenvalue weighted by molar-refractivity contribution is 6.10. The Kier molecular flexibility index (Phi) is 4.09. The van der Waals surface area contributed by atoms with E-state index in [0.717, 1.165) is 29.5 Å². The average molecular weight is 336 g/mol. The topological polar surface area (TPSA) is 71.3 Å². The Bertz CT molecular complexity index is 913. The van der Waals surface area contributed by atoms with Gasteiger partial charge in [-0.25, -0.2) is 0 Å². The Balaban J connectivity index is 1.69. The lowest BCUT2D eigenvalue weighted by Crippen LogP contribution is -2.29. The lowest BCUT2D eigenvalue weighted by molar-refractivity contribution is 0.0988. The second-order valence-corrected chi connectivity index (χ2v) is 6.39. The number of carbonyl (C=O) groups is 1. The summed E-state index contributed by atoms with van der Waals surface area (Å²) in [7, 11) is 0. The summed E-state index contributed by atoms with van der Waals surface area (Å²) < 4.78 is 5.04. The number of aryl methyl sites for hydroxylation is 1. The zero-order valence-corrected chi connectivity index (χ0v) is 14.2. The molecule has 0 atom stereocenters. The third-order valence-corrected chi connectivity index (χ3v) is 4.59. The third kappa shape index (κ3) is 3.07. The van der Waals surface area contributed by atoms with Gasteiger partial charge in [-0.05, 0) is 44.4 Å². The Morgan fingerprint density at radius 2 is 2.00 bits per heavy atom. The number of aromatic nitrogens is 2. The number of fused-ring (bicyclic) bond motifs is 1. The Morgan fingerprint density at radius 1 is 1.16 bits per heavy atom. The molecule has 3 aromatic rings. The van der Waals surface area contributed by atoms with Gasteiger partial charge >= 0.3 is 0 Å². The molecule has 25 heavy (non-hydrogen) atoms. The summed E-state index contributed by atoms with van der Waals surface area (Å²) in [5.41, 5.74) is 2.60. The minimum absolute atomic E-state index is 0.203. The SMILES string of the molecule is Cc1cc(C(=O)Nc2ccc(N3CCCCC3)c3ccncc23)on1. The molecule has 1 fully saturated rings. The molecule has 0 bridgehead atoms. The van der Waals surface area contributed by atoms with E-state index in [9.17, 15) is 4.79 Å². The molecule has 1 N–H and O–H groups in total. The fourth-order valence-corrected chi connectivity index (χ4v) is 3.35. The van der Waals surface area contributed by atoms with Crippen molar-refractivity contribution in [3.8, 4) is 0 Å². The summed E-state index contributed by atoms with van der Waals surface area (Å²) >= 11 is 0. The number of hydrogen-bond acceptors (Lipinski definition) is 5. The summed E-state index contributed by atoms with van der Waals surface area (Å²) in [6.45, 7) is 3.92. The Hall–Kier alpha value is -2.89. The van der Waals surface area contributed by atoms with Gasteiger partial charge in [-0.2, -0.15) is 0 Å². The first-order chi connectivity index (χ1) is 12.2. The van der Waals surface area contributed by atoms with E-state index in [0.29, 0.717) is 5.69 Å². The molecular formula is C19H20N4O2. The van der Waals surface area contributed by atoms with Crippen LogP contribution < -0.4 is 10.2 Å². The zero-order chi connectivity index (χ0) is 17.2. The van der Waals surface area contributed by atoms with E-state index in [2.05, 4.69) is 26.4 Å². The molecule has 1 saturated heterocycles. The molecule has 4 rings (SSSR count). The zero-order valence-electron chi connectivity index (χ0n) is 14.2. The van der Waals surface area contributed by atoms with Crippen molar-refractivity contribution in [2.45, 2.75) is 26.2 Å². The summed E-state index contributed by atoms with van der Waals surface area (Å²) in [6, 6.07) is 7.65. The molecule has 128 valence electrons. The molecule has 1 amide bonds. The van der Waals surface area contributed by atoms with Gasteiger partial charge in [-0.15, -0.1) is 0 Å². The molecule has 1 aromatic carbocycles. The number of nitrogens with zero attached hydrogens (tertiary/aromatic N) is 3. The molecular weight excluding hydrogens is 316 g/mol. The number of nitrogens with one attached hydrogen (secondary N) is 1. The standard InChI is InChI=1S/C19H20N4O2/c1-13-11-18(25-22-13)19(24)21-16-5-6-17(23-9-3-2-4-10-23)14-7-8-20-12-15(14)16/h5-8,11-12H,2-4,9-10H2,1H3,(H,21,24). The van der Waals surface area contributed by atoms with Crippen molar-refractivity contribution in [3.05, 3.63) is 48.1 Å². The first kappa shape index (κ1) is 15.6. The maximum absolute atomic E-state index is 12.4. The Morgan fingerprint density at radius 3 is 2.76 bits per heavy atom. The summed E-state index contributed by atoms with van der Waals surface area (Å²) in [6.07, 6.45) is 7.32. The van der Waals surface area contributed by atoms with E-state index in [1.165, 1.54) is 24.9 Å². The predicted octanol–water partition coefficient (Wildman–Crippen LogP) is 3.77. The first-order valence-electron chi connectivity index (χ1n) is 8.59. The van der Waals surface area contributed by atoms with E-state index >= 15 is 0 Å². The highest BCUT2D eigenvalue weighted by atomic mass is 16.5. The third-order valence-electron chi connectivity index (χ3n) is 4.59. The monoisotopic (exact) mass is 336 g/mol. The molecule has 1 aliphatic heterocycles. The summed E-state index contributed by atoms with van der Waals surface area (Å²) in [4.78, 5) is 19.0. The van der Waals surface area contributed by atoms with Crippen LogP contribution in [0.25, 0.3) is 10.8 Å². The van der Waals surface area contributed by atoms with Gasteiger partial charge in [-0.3, -0.25) is 9.78 Å². The van der Waals surface area contributed by atoms with Crippen molar-refractivity contribution in [2.24, 2.45) is 0 Å². The number of pyridine rings is 1. The van der Waals surface area contributed by atoms with E-state index in [1.807, 2.05) is 12.1 Å². The van der Waals surface area contributed by atoms with Gasteiger partial charge in [-0.1, -0.05) is 5.16 Å². The van der Waals surface area contributed by atoms with Crippen LogP contribution >= 0.6 is 0 Å². The van der Waals surface area contributed by atoms with Gasteiger partial charge in [0.25, 0.3) is 5.91 Å². The minimum Gasteiger partial charge on any atom is -0.371 e. The highest BCUT2D eigenvalue weighted by Crippen LogP contribution is 2.33. The van der Waals surface area contributed by atoms with E-state index in [-0.39, 0.29) is 11.7 Å². The van der Waals surface area contributed by atoms with Crippen molar-refractivity contribution in [1.29, 1.82) is 0 Å². The number of hydrogen-bond donors (Lipinski definition) is 1. The van der Waals surface area contributed by atoms with Crippen molar-refractivity contribution >= 4 is 28.1 Å². The fraction of sp³-hybridized carbons (Fsp3) is 0.316. The van der Waals surface area contributed by atoms with Crippen LogP contribution in [0.1, 0.15) is 35.5 Å². The van der Waals surface area contributed by atoms with Crippen molar-refractivity contribution in [1.82, 2.24) is 10.1 Å². The van der Waals surface area contributed by atoms with Crippen molar-refractivity contribution in [3.63, 3.8) is 0 Å². The lowest BCUT2D eigenvalue weighted by Gasteiger charge is -2.30. The number of anilines is 2. The molecule has 3 heterocycles. The molecule has 0 spiro atoms. The van der Waals surface area contributed by atoms with E-state index in [1.54, 1.807) is 25.4 Å². The van der Waals surface area contributed by atoms with Crippen molar-refractivity contribution in [2.75, 3.05) is 23.3 Å². The quantitative estimate of drug-likeness (QED) is 0.788. The molecule has 0 radical (unpaired) electrons. The van der Waals surface area contributed by atoms with Crippen LogP contribution in [-0.2, 0) is 0 Å². The van der Waals surface area contributed by atoms with Gasteiger partial charge in [0, 0.05) is 48.0 Å². The van der Waals surface area contributed by atoms with Gasteiger partial charge in [0.15, 0.2) is 0 Å². The average Bonchev–Trinajstić information content (AvgIpc) is 3.09. The number of piperidine rings is 1. The summed E-state index contributed by atoms with van der Waals surface area (Å²) in [5.74, 6) is -0.105. The maximum Gasteiger partial charge on any atom is 0.294 e. The molecule has 6 nitrogen and oxygen atoms in total. The molecule has 0 unspecified atom stereocenters. The van der Waals surface area contributed by atoms with E-state index < -0.39 is 0 Å². The molecule has 1 aliphatic rings. The van der Waals surface area contributed by atoms with Gasteiger partial charge < -0.3 is 14.7 Å². The van der Waals surface area contributed by atoms with E-state index in [4.69, 9.17) is 4.52 Å². The van der Waals surface area contributed by atoms with Crippen LogP contribution in [0.2, 0.25) is 0 Å². The highest BCUT2D eigenvalue weighted by Gasteiger charge is 2.17. The molecule has 2 aromatic heterocycles. The van der Waals surface area contributed by atoms with Crippen LogP contribution in [0.4, 0.5) is 11.4 Å². The first-order valence-corrected chi connectivity index (χ1v) is 8.59. The number of carbonyl (C=O) groups excluding carboxylic acids is 1. The molecule has 0 saturated carbocycles. The van der Waals surface area contributed by atoms with Crippen molar-refractivity contribution < 1.29 is 9.32 Å². The lowest BCUT2D eigenvalue weighted by atomic mass is 10.1. The molecule has 6 heteroatoms. The second kappa shape index (κ2) is 6.55. The number of amides is 1. The van der Waals surface area contributed by atoms with Crippen LogP contribution in [0.5, 0.6) is 0 Å². The normalized spacial score (nSPS) is 14.7. The summed E-state index contributed by atoms with van der Waals surface area (Å²) in [5, 5.41) is 8.70. The minimum atomic E-state index is -0.309. The number of benzene rings is 1. The van der Waals surface area contributed by atoms with Crippen LogP contribution in [0, 0.1) is 6.92 Å². The maximum atomic E-state index is 12.4.